The van der Waals surface area contributed by atoms with Gasteiger partial charge < -0.3 is 14.6 Å². The minimum absolute atomic E-state index is 0.0205. The fourth-order valence-electron chi connectivity index (χ4n) is 1.85. The molecule has 0 bridgehead atoms. The van der Waals surface area contributed by atoms with E-state index in [9.17, 15) is 9.18 Å². The summed E-state index contributed by atoms with van der Waals surface area (Å²) >= 11 is 0. The van der Waals surface area contributed by atoms with Crippen molar-refractivity contribution in [1.29, 1.82) is 0 Å². The SMILES string of the molecule is CCOc1ccc(OCc2cc(F)ccc2C(=O)O)cc1. The number of hydrogen-bond donors (Lipinski definition) is 1. The highest BCUT2D eigenvalue weighted by atomic mass is 19.1. The van der Waals surface area contributed by atoms with E-state index in [1.165, 1.54) is 6.07 Å². The van der Waals surface area contributed by atoms with Crippen LogP contribution in [0.1, 0.15) is 22.8 Å². The van der Waals surface area contributed by atoms with Crippen LogP contribution in [0.5, 0.6) is 11.5 Å². The summed E-state index contributed by atoms with van der Waals surface area (Å²) in [5.74, 6) is -0.327. The first-order chi connectivity index (χ1) is 10.1. The van der Waals surface area contributed by atoms with Crippen LogP contribution in [-0.2, 0) is 6.61 Å². The Hall–Kier alpha value is -2.56. The molecule has 0 atom stereocenters. The molecule has 1 N–H and O–H groups in total. The lowest BCUT2D eigenvalue weighted by atomic mass is 10.1. The number of ether oxygens (including phenoxy) is 2. The van der Waals surface area contributed by atoms with Gasteiger partial charge in [-0.2, -0.15) is 0 Å². The van der Waals surface area contributed by atoms with Crippen LogP contribution >= 0.6 is 0 Å². The number of hydrogen-bond acceptors (Lipinski definition) is 3. The van der Waals surface area contributed by atoms with Crippen molar-refractivity contribution in [1.82, 2.24) is 0 Å². The van der Waals surface area contributed by atoms with Crippen LogP contribution < -0.4 is 9.47 Å². The summed E-state index contributed by atoms with van der Waals surface area (Å²) in [4.78, 5) is 11.1. The van der Waals surface area contributed by atoms with Crippen molar-refractivity contribution in [2.45, 2.75) is 13.5 Å². The third-order valence-electron chi connectivity index (χ3n) is 2.83. The lowest BCUT2D eigenvalue weighted by molar-refractivity contribution is 0.0694. The Labute approximate surface area is 121 Å². The minimum atomic E-state index is -1.11. The predicted molar refractivity (Wildman–Crippen MR) is 75.3 cm³/mol. The molecule has 0 saturated carbocycles. The fourth-order valence-corrected chi connectivity index (χ4v) is 1.85. The normalized spacial score (nSPS) is 10.2. The second-order valence-electron chi connectivity index (χ2n) is 4.30. The topological polar surface area (TPSA) is 55.8 Å². The van der Waals surface area contributed by atoms with Crippen LogP contribution in [0.15, 0.2) is 42.5 Å². The van der Waals surface area contributed by atoms with Gasteiger partial charge in [-0.3, -0.25) is 0 Å². The van der Waals surface area contributed by atoms with E-state index in [0.29, 0.717) is 12.4 Å². The van der Waals surface area contributed by atoms with Gasteiger partial charge in [-0.1, -0.05) is 0 Å². The van der Waals surface area contributed by atoms with Crippen LogP contribution in [0.3, 0.4) is 0 Å². The highest BCUT2D eigenvalue weighted by Gasteiger charge is 2.11. The number of carboxylic acid groups (broad SMARTS) is 1. The molecule has 0 fully saturated rings. The Morgan fingerprint density at radius 1 is 1.10 bits per heavy atom. The average molecular weight is 290 g/mol. The summed E-state index contributed by atoms with van der Waals surface area (Å²) in [6, 6.07) is 10.4. The van der Waals surface area contributed by atoms with E-state index >= 15 is 0 Å². The van der Waals surface area contributed by atoms with E-state index in [4.69, 9.17) is 14.6 Å². The minimum Gasteiger partial charge on any atom is -0.494 e. The van der Waals surface area contributed by atoms with E-state index in [1.54, 1.807) is 24.3 Å². The van der Waals surface area contributed by atoms with E-state index < -0.39 is 11.8 Å². The first kappa shape index (κ1) is 14.8. The van der Waals surface area contributed by atoms with Gasteiger partial charge in [-0.05, 0) is 49.4 Å². The molecule has 5 heteroatoms. The number of rotatable bonds is 6. The molecule has 0 spiro atoms. The van der Waals surface area contributed by atoms with Crippen molar-refractivity contribution >= 4 is 5.97 Å². The Morgan fingerprint density at radius 3 is 2.29 bits per heavy atom. The smallest absolute Gasteiger partial charge is 0.336 e. The van der Waals surface area contributed by atoms with Gasteiger partial charge in [0, 0.05) is 5.56 Å². The largest absolute Gasteiger partial charge is 0.494 e. The molecule has 0 aliphatic carbocycles. The quantitative estimate of drug-likeness (QED) is 0.884. The zero-order valence-corrected chi connectivity index (χ0v) is 11.5. The molecule has 4 nitrogen and oxygen atoms in total. The molecule has 2 rings (SSSR count). The summed E-state index contributed by atoms with van der Waals surface area (Å²) in [5, 5.41) is 9.05. The molecule has 0 saturated heterocycles. The molecule has 2 aromatic carbocycles. The van der Waals surface area contributed by atoms with Gasteiger partial charge in [0.2, 0.25) is 0 Å². The molecule has 0 aromatic heterocycles. The average Bonchev–Trinajstić information content (AvgIpc) is 2.46. The number of aromatic carboxylic acids is 1. The molecular weight excluding hydrogens is 275 g/mol. The summed E-state index contributed by atoms with van der Waals surface area (Å²) < 4.78 is 24.0. The van der Waals surface area contributed by atoms with Gasteiger partial charge in [0.25, 0.3) is 0 Å². The molecule has 0 aliphatic rings. The van der Waals surface area contributed by atoms with Gasteiger partial charge in [0.05, 0.1) is 12.2 Å². The molecule has 21 heavy (non-hydrogen) atoms. The summed E-state index contributed by atoms with van der Waals surface area (Å²) in [6.45, 7) is 2.45. The first-order valence-electron chi connectivity index (χ1n) is 6.47. The highest BCUT2D eigenvalue weighted by Crippen LogP contribution is 2.20. The third-order valence-corrected chi connectivity index (χ3v) is 2.83. The van der Waals surface area contributed by atoms with Gasteiger partial charge in [0.15, 0.2) is 0 Å². The number of carbonyl (C=O) groups is 1. The second kappa shape index (κ2) is 6.74. The van der Waals surface area contributed by atoms with Gasteiger partial charge in [-0.25, -0.2) is 9.18 Å². The number of benzene rings is 2. The Bertz CT molecular complexity index is 623. The first-order valence-corrected chi connectivity index (χ1v) is 6.47. The zero-order chi connectivity index (χ0) is 15.2. The Kier molecular flexibility index (Phi) is 4.77. The molecule has 0 heterocycles. The molecule has 0 radical (unpaired) electrons. The Morgan fingerprint density at radius 2 is 1.71 bits per heavy atom. The van der Waals surface area contributed by atoms with Crippen LogP contribution in [0, 0.1) is 5.82 Å². The highest BCUT2D eigenvalue weighted by molar-refractivity contribution is 5.89. The molecule has 0 unspecified atom stereocenters. The predicted octanol–water partition coefficient (Wildman–Crippen LogP) is 3.50. The zero-order valence-electron chi connectivity index (χ0n) is 11.5. The van der Waals surface area contributed by atoms with E-state index in [2.05, 4.69) is 0 Å². The van der Waals surface area contributed by atoms with Crippen molar-refractivity contribution in [3.8, 4) is 11.5 Å². The van der Waals surface area contributed by atoms with E-state index in [0.717, 1.165) is 17.9 Å². The number of halogens is 1. The summed E-state index contributed by atoms with van der Waals surface area (Å²) in [6.07, 6.45) is 0. The van der Waals surface area contributed by atoms with E-state index in [-0.39, 0.29) is 17.7 Å². The maximum atomic E-state index is 13.2. The summed E-state index contributed by atoms with van der Waals surface area (Å²) in [7, 11) is 0. The number of carboxylic acids is 1. The monoisotopic (exact) mass is 290 g/mol. The van der Waals surface area contributed by atoms with Gasteiger partial charge >= 0.3 is 5.97 Å². The molecule has 2 aromatic rings. The van der Waals surface area contributed by atoms with Crippen LogP contribution in [0.25, 0.3) is 0 Å². The molecular formula is C16H15FO4. The van der Waals surface area contributed by atoms with Crippen molar-refractivity contribution in [3.05, 3.63) is 59.4 Å². The standard InChI is InChI=1S/C16H15FO4/c1-2-20-13-4-6-14(7-5-13)21-10-11-9-12(17)3-8-15(11)16(18)19/h3-9H,2,10H2,1H3,(H,18,19). The third kappa shape index (κ3) is 3.95. The van der Waals surface area contributed by atoms with Crippen molar-refractivity contribution in [2.24, 2.45) is 0 Å². The molecule has 110 valence electrons. The van der Waals surface area contributed by atoms with Crippen molar-refractivity contribution in [3.63, 3.8) is 0 Å². The maximum absolute atomic E-state index is 13.2. The van der Waals surface area contributed by atoms with Crippen LogP contribution in [0.4, 0.5) is 4.39 Å². The molecule has 0 amide bonds. The Balaban J connectivity index is 2.08. The lowest BCUT2D eigenvalue weighted by Crippen LogP contribution is -2.06. The fraction of sp³-hybridized carbons (Fsp3) is 0.188. The van der Waals surface area contributed by atoms with E-state index in [1.807, 2.05) is 6.92 Å². The summed E-state index contributed by atoms with van der Waals surface area (Å²) in [5.41, 5.74) is 0.318. The lowest BCUT2D eigenvalue weighted by Gasteiger charge is -2.10. The van der Waals surface area contributed by atoms with Gasteiger partial charge in [-0.15, -0.1) is 0 Å². The van der Waals surface area contributed by atoms with Crippen LogP contribution in [-0.4, -0.2) is 17.7 Å². The van der Waals surface area contributed by atoms with Crippen molar-refractivity contribution in [2.75, 3.05) is 6.61 Å². The maximum Gasteiger partial charge on any atom is 0.336 e. The second-order valence-corrected chi connectivity index (χ2v) is 4.30. The van der Waals surface area contributed by atoms with Crippen molar-refractivity contribution < 1.29 is 23.8 Å². The molecule has 0 aliphatic heterocycles. The van der Waals surface area contributed by atoms with Gasteiger partial charge in [0.1, 0.15) is 23.9 Å². The van der Waals surface area contributed by atoms with Crippen LogP contribution in [0.2, 0.25) is 0 Å².